The van der Waals surface area contributed by atoms with Gasteiger partial charge in [-0.25, -0.2) is 4.79 Å². The molecule has 4 nitrogen and oxygen atoms in total. The molecule has 1 heterocycles. The molecule has 0 spiro atoms. The average molecular weight is 230 g/mol. The molecule has 1 atom stereocenters. The largest absolute Gasteiger partial charge is 0.341 e. The van der Waals surface area contributed by atoms with Crippen LogP contribution in [0.25, 0.3) is 0 Å². The fourth-order valence-electron chi connectivity index (χ4n) is 1.23. The molecule has 1 saturated heterocycles. The van der Waals surface area contributed by atoms with Crippen molar-refractivity contribution in [1.29, 1.82) is 0 Å². The van der Waals surface area contributed by atoms with Crippen molar-refractivity contribution in [1.82, 2.24) is 16.0 Å². The summed E-state index contributed by atoms with van der Waals surface area (Å²) < 4.78 is 0. The fraction of sp³-hybridized carbons (Fsp3) is 0.857. The predicted molar refractivity (Wildman–Crippen MR) is 58.0 cm³/mol. The summed E-state index contributed by atoms with van der Waals surface area (Å²) in [4.78, 5) is 10.8. The van der Waals surface area contributed by atoms with Crippen molar-refractivity contribution in [2.45, 2.75) is 18.9 Å². The number of carbonyl (C=O) groups excluding carboxylic acids is 1. The Balaban J connectivity index is 0. The van der Waals surface area contributed by atoms with Gasteiger partial charge in [0.25, 0.3) is 0 Å². The first-order valence-electron chi connectivity index (χ1n) is 4.02. The van der Waals surface area contributed by atoms with Crippen LogP contribution in [-0.2, 0) is 0 Å². The van der Waals surface area contributed by atoms with Gasteiger partial charge in [0, 0.05) is 19.6 Å². The molecule has 0 saturated carbocycles. The van der Waals surface area contributed by atoms with Crippen molar-refractivity contribution in [2.75, 3.05) is 20.1 Å². The van der Waals surface area contributed by atoms with E-state index in [2.05, 4.69) is 16.0 Å². The van der Waals surface area contributed by atoms with E-state index >= 15 is 0 Å². The molecule has 0 radical (unpaired) electrons. The van der Waals surface area contributed by atoms with E-state index in [4.69, 9.17) is 0 Å². The van der Waals surface area contributed by atoms with Crippen molar-refractivity contribution in [3.8, 4) is 0 Å². The van der Waals surface area contributed by atoms with Gasteiger partial charge in [-0.15, -0.1) is 24.8 Å². The normalized spacial score (nSPS) is 20.5. The molecule has 2 amide bonds. The molecule has 0 aromatic carbocycles. The van der Waals surface area contributed by atoms with Crippen LogP contribution >= 0.6 is 24.8 Å². The van der Waals surface area contributed by atoms with Gasteiger partial charge in [0.05, 0.1) is 0 Å². The Bertz CT molecular complexity index is 140. The van der Waals surface area contributed by atoms with E-state index in [9.17, 15) is 4.79 Å². The second-order valence-corrected chi connectivity index (χ2v) is 2.77. The van der Waals surface area contributed by atoms with Gasteiger partial charge >= 0.3 is 6.03 Å². The summed E-state index contributed by atoms with van der Waals surface area (Å²) in [5, 5.41) is 8.61. The van der Waals surface area contributed by atoms with Crippen LogP contribution in [0.2, 0.25) is 0 Å². The minimum atomic E-state index is -0.0845. The number of piperidine rings is 1. The molecule has 0 bridgehead atoms. The number of amides is 2. The second-order valence-electron chi connectivity index (χ2n) is 2.77. The molecule has 6 heteroatoms. The standard InChI is InChI=1S/C7H15N3O.2ClH/c1-8-7(11)10-6-3-2-4-9-5-6;;/h6,9H,2-5H2,1H3,(H2,8,10,11);2*1H. The van der Waals surface area contributed by atoms with Gasteiger partial charge in [-0.05, 0) is 19.4 Å². The Morgan fingerprint density at radius 3 is 2.62 bits per heavy atom. The summed E-state index contributed by atoms with van der Waals surface area (Å²) in [6.45, 7) is 1.97. The average Bonchev–Trinajstić information content (AvgIpc) is 2.06. The van der Waals surface area contributed by atoms with E-state index in [0.29, 0.717) is 6.04 Å². The summed E-state index contributed by atoms with van der Waals surface area (Å²) in [5.41, 5.74) is 0. The van der Waals surface area contributed by atoms with Crippen molar-refractivity contribution >= 4 is 30.8 Å². The lowest BCUT2D eigenvalue weighted by Gasteiger charge is -2.23. The van der Waals surface area contributed by atoms with E-state index in [1.807, 2.05) is 0 Å². The number of hydrogen-bond donors (Lipinski definition) is 3. The number of halogens is 2. The van der Waals surface area contributed by atoms with Gasteiger partial charge in [-0.3, -0.25) is 0 Å². The number of nitrogens with one attached hydrogen (secondary N) is 3. The van der Waals surface area contributed by atoms with E-state index in [0.717, 1.165) is 25.9 Å². The summed E-state index contributed by atoms with van der Waals surface area (Å²) in [6, 6.07) is 0.224. The molecule has 1 unspecified atom stereocenters. The highest BCUT2D eigenvalue weighted by Crippen LogP contribution is 2.00. The second kappa shape index (κ2) is 8.41. The van der Waals surface area contributed by atoms with Gasteiger partial charge in [0.1, 0.15) is 0 Å². The number of hydrogen-bond acceptors (Lipinski definition) is 2. The lowest BCUT2D eigenvalue weighted by molar-refractivity contribution is 0.236. The zero-order valence-electron chi connectivity index (χ0n) is 7.63. The van der Waals surface area contributed by atoms with Gasteiger partial charge in [0.15, 0.2) is 0 Å². The van der Waals surface area contributed by atoms with E-state index < -0.39 is 0 Å². The Labute approximate surface area is 91.0 Å². The maximum atomic E-state index is 10.8. The van der Waals surface area contributed by atoms with Crippen LogP contribution in [0.1, 0.15) is 12.8 Å². The van der Waals surface area contributed by atoms with E-state index in [-0.39, 0.29) is 30.8 Å². The summed E-state index contributed by atoms with van der Waals surface area (Å²) in [5.74, 6) is 0. The third kappa shape index (κ3) is 5.96. The monoisotopic (exact) mass is 229 g/mol. The SMILES string of the molecule is CNC(=O)NC1CCCNC1.Cl.Cl. The molecule has 0 aromatic heterocycles. The molecule has 0 aromatic rings. The summed E-state index contributed by atoms with van der Waals surface area (Å²) in [7, 11) is 1.63. The van der Waals surface area contributed by atoms with Crippen LogP contribution in [0.3, 0.4) is 0 Å². The van der Waals surface area contributed by atoms with Crippen molar-refractivity contribution < 1.29 is 4.79 Å². The Morgan fingerprint density at radius 1 is 1.46 bits per heavy atom. The first-order valence-corrected chi connectivity index (χ1v) is 4.02. The highest BCUT2D eigenvalue weighted by molar-refractivity contribution is 5.85. The number of carbonyl (C=O) groups is 1. The summed E-state index contributed by atoms with van der Waals surface area (Å²) >= 11 is 0. The van der Waals surface area contributed by atoms with Gasteiger partial charge < -0.3 is 16.0 Å². The van der Waals surface area contributed by atoms with E-state index in [1.54, 1.807) is 7.05 Å². The van der Waals surface area contributed by atoms with E-state index in [1.165, 1.54) is 0 Å². The maximum Gasteiger partial charge on any atom is 0.314 e. The molecule has 3 N–H and O–H groups in total. The fourth-order valence-corrected chi connectivity index (χ4v) is 1.23. The minimum absolute atomic E-state index is 0. The molecule has 1 fully saturated rings. The third-order valence-electron chi connectivity index (χ3n) is 1.86. The Hall–Kier alpha value is -0.190. The van der Waals surface area contributed by atoms with Crippen LogP contribution in [0, 0.1) is 0 Å². The lowest BCUT2D eigenvalue weighted by atomic mass is 10.1. The van der Waals surface area contributed by atoms with Crippen LogP contribution < -0.4 is 16.0 Å². The quantitative estimate of drug-likeness (QED) is 0.614. The van der Waals surface area contributed by atoms with Gasteiger partial charge in [0.2, 0.25) is 0 Å². The smallest absolute Gasteiger partial charge is 0.314 e. The van der Waals surface area contributed by atoms with Crippen molar-refractivity contribution in [2.24, 2.45) is 0 Å². The molecule has 1 aliphatic rings. The van der Waals surface area contributed by atoms with Gasteiger partial charge in [-0.2, -0.15) is 0 Å². The molecule has 13 heavy (non-hydrogen) atoms. The summed E-state index contributed by atoms with van der Waals surface area (Å²) in [6.07, 6.45) is 2.23. The highest BCUT2D eigenvalue weighted by Gasteiger charge is 2.13. The molecule has 80 valence electrons. The first-order chi connectivity index (χ1) is 5.33. The lowest BCUT2D eigenvalue weighted by Crippen LogP contribution is -2.48. The topological polar surface area (TPSA) is 53.2 Å². The Kier molecular flexibility index (Phi) is 9.89. The van der Waals surface area contributed by atoms with Crippen LogP contribution in [0.5, 0.6) is 0 Å². The zero-order chi connectivity index (χ0) is 8.10. The molecule has 0 aliphatic carbocycles. The Morgan fingerprint density at radius 2 is 2.15 bits per heavy atom. The molecule has 1 rings (SSSR count). The van der Waals surface area contributed by atoms with Gasteiger partial charge in [-0.1, -0.05) is 0 Å². The first kappa shape index (κ1) is 15.3. The third-order valence-corrected chi connectivity index (χ3v) is 1.86. The molecular weight excluding hydrogens is 213 g/mol. The minimum Gasteiger partial charge on any atom is -0.341 e. The van der Waals surface area contributed by atoms with Crippen molar-refractivity contribution in [3.05, 3.63) is 0 Å². The number of rotatable bonds is 1. The molecule has 1 aliphatic heterocycles. The van der Waals surface area contributed by atoms with Crippen LogP contribution in [0.15, 0.2) is 0 Å². The zero-order valence-corrected chi connectivity index (χ0v) is 9.26. The van der Waals surface area contributed by atoms with Crippen LogP contribution in [-0.4, -0.2) is 32.2 Å². The number of urea groups is 1. The maximum absolute atomic E-state index is 10.8. The van der Waals surface area contributed by atoms with Crippen LogP contribution in [0.4, 0.5) is 4.79 Å². The highest BCUT2D eigenvalue weighted by atomic mass is 35.5. The van der Waals surface area contributed by atoms with Crippen molar-refractivity contribution in [3.63, 3.8) is 0 Å². The molecular formula is C7H17Cl2N3O. The predicted octanol–water partition coefficient (Wildman–Crippen LogP) is 0.511.